The van der Waals surface area contributed by atoms with E-state index in [1.54, 1.807) is 0 Å². The number of carbonyl (C=O) groups is 4. The van der Waals surface area contributed by atoms with Gasteiger partial charge in [-0.2, -0.15) is 26.3 Å². The fourth-order valence-electron chi connectivity index (χ4n) is 4.03. The van der Waals surface area contributed by atoms with Crippen LogP contribution in [0.1, 0.15) is 24.0 Å². The molecule has 2 saturated heterocycles. The van der Waals surface area contributed by atoms with E-state index in [2.05, 4.69) is 10.6 Å². The van der Waals surface area contributed by atoms with Crippen molar-refractivity contribution in [3.63, 3.8) is 0 Å². The van der Waals surface area contributed by atoms with Gasteiger partial charge in [0, 0.05) is 36.0 Å². The molecule has 2 fully saturated rings. The van der Waals surface area contributed by atoms with E-state index >= 15 is 0 Å². The number of thiocarbonyl (C=S) groups is 2. The minimum Gasteiger partial charge on any atom is -0.325 e. The molecular weight excluding hydrogens is 745 g/mol. The van der Waals surface area contributed by atoms with Crippen LogP contribution in [0.4, 0.5) is 37.7 Å². The van der Waals surface area contributed by atoms with Crippen molar-refractivity contribution in [2.75, 3.05) is 23.7 Å². The molecule has 0 saturated carbocycles. The maximum absolute atomic E-state index is 13.3. The number of nitrogens with zero attached hydrogens (tertiary/aromatic N) is 2. The van der Waals surface area contributed by atoms with E-state index in [9.17, 15) is 45.5 Å². The van der Waals surface area contributed by atoms with Crippen LogP contribution in [-0.4, -0.2) is 55.2 Å². The van der Waals surface area contributed by atoms with E-state index in [0.717, 1.165) is 45.5 Å². The van der Waals surface area contributed by atoms with Crippen molar-refractivity contribution in [2.45, 2.75) is 25.2 Å². The van der Waals surface area contributed by atoms with E-state index in [1.807, 2.05) is 0 Å². The second kappa shape index (κ2) is 14.1. The summed E-state index contributed by atoms with van der Waals surface area (Å²) in [5.74, 6) is -3.20. The summed E-state index contributed by atoms with van der Waals surface area (Å²) in [4.78, 5) is 53.0. The highest BCUT2D eigenvalue weighted by atomic mass is 35.5. The first-order chi connectivity index (χ1) is 21.4. The third-order valence-corrected chi connectivity index (χ3v) is 9.65. The van der Waals surface area contributed by atoms with Gasteiger partial charge in [-0.3, -0.25) is 29.0 Å². The second-order valence-electron chi connectivity index (χ2n) is 9.28. The Hall–Kier alpha value is -2.90. The van der Waals surface area contributed by atoms with Gasteiger partial charge in [0.1, 0.15) is 8.64 Å². The summed E-state index contributed by atoms with van der Waals surface area (Å²) in [7, 11) is 0. The Morgan fingerprint density at radius 3 is 1.37 bits per heavy atom. The van der Waals surface area contributed by atoms with Gasteiger partial charge in [0.2, 0.25) is 11.8 Å². The predicted octanol–water partition coefficient (Wildman–Crippen LogP) is 7.32. The van der Waals surface area contributed by atoms with Gasteiger partial charge in [-0.25, -0.2) is 0 Å². The zero-order chi connectivity index (χ0) is 34.1. The van der Waals surface area contributed by atoms with Crippen molar-refractivity contribution in [2.24, 2.45) is 0 Å². The summed E-state index contributed by atoms with van der Waals surface area (Å²) in [6.45, 7) is -0.639. The van der Waals surface area contributed by atoms with E-state index < -0.39 is 71.3 Å². The molecule has 0 aromatic heterocycles. The van der Waals surface area contributed by atoms with Gasteiger partial charge in [0.15, 0.2) is 0 Å². The molecule has 4 rings (SSSR count). The molecule has 0 unspecified atom stereocenters. The molecule has 0 aliphatic carbocycles. The van der Waals surface area contributed by atoms with Gasteiger partial charge in [0.25, 0.3) is 11.8 Å². The van der Waals surface area contributed by atoms with E-state index in [-0.39, 0.29) is 41.6 Å². The molecule has 20 heteroatoms. The maximum Gasteiger partial charge on any atom is 0.418 e. The second-order valence-corrected chi connectivity index (χ2v) is 13.4. The molecule has 2 aromatic rings. The normalized spacial score (nSPS) is 17.3. The molecule has 244 valence electrons. The molecule has 0 spiro atoms. The lowest BCUT2D eigenvalue weighted by molar-refractivity contribution is -0.138. The van der Waals surface area contributed by atoms with Crippen LogP contribution >= 0.6 is 71.2 Å². The van der Waals surface area contributed by atoms with Crippen LogP contribution in [0.25, 0.3) is 0 Å². The lowest BCUT2D eigenvalue weighted by Crippen LogP contribution is -2.33. The zero-order valence-electron chi connectivity index (χ0n) is 22.5. The van der Waals surface area contributed by atoms with Crippen molar-refractivity contribution in [1.29, 1.82) is 0 Å². The summed E-state index contributed by atoms with van der Waals surface area (Å²) in [6, 6.07) is 5.63. The number of hydrogen-bond donors (Lipinski definition) is 2. The molecule has 8 nitrogen and oxygen atoms in total. The average Bonchev–Trinajstić information content (AvgIpc) is 3.39. The smallest absolute Gasteiger partial charge is 0.325 e. The van der Waals surface area contributed by atoms with Crippen LogP contribution < -0.4 is 10.6 Å². The largest absolute Gasteiger partial charge is 0.418 e. The minimum atomic E-state index is -4.80. The molecule has 2 N–H and O–H groups in total. The van der Waals surface area contributed by atoms with Crippen molar-refractivity contribution in [3.05, 3.63) is 67.4 Å². The molecule has 2 aliphatic rings. The molecule has 0 atom stereocenters. The quantitative estimate of drug-likeness (QED) is 0.164. The number of amides is 4. The maximum atomic E-state index is 13.3. The fourth-order valence-corrected chi connectivity index (χ4v) is 7.14. The van der Waals surface area contributed by atoms with Crippen molar-refractivity contribution >= 4 is 115 Å². The summed E-state index contributed by atoms with van der Waals surface area (Å²) in [5.41, 5.74) is -3.37. The SMILES string of the molecule is O=C(CCN1C(=O)/C(=C2\SC(=S)N(CCC(=O)Nc3ccc(Cl)cc3C(F)(F)F)C2=O)SC1=S)Nc1ccc(Cl)cc1C(F)(F)F. The standard InChI is InChI=1S/C26H16Cl2F6N4O4S4/c27-11-1-3-15(13(9-11)25(29,30)31)35-17(39)5-7-37-21(41)19(45-23(37)43)20-22(42)38(24(44)46-20)8-6-18(40)36-16-4-2-12(28)10-14(16)26(32,33)34/h1-4,9-10H,5-8H2,(H,35,39)(H,36,40)/b20-19+. The van der Waals surface area contributed by atoms with Gasteiger partial charge < -0.3 is 10.6 Å². The molecule has 2 heterocycles. The Morgan fingerprint density at radius 1 is 0.696 bits per heavy atom. The number of thioether (sulfide) groups is 2. The highest BCUT2D eigenvalue weighted by Gasteiger charge is 2.42. The third kappa shape index (κ3) is 8.32. The first-order valence-electron chi connectivity index (χ1n) is 12.5. The van der Waals surface area contributed by atoms with Crippen LogP contribution in [0.3, 0.4) is 0 Å². The molecule has 0 bridgehead atoms. The number of hydrogen-bond acceptors (Lipinski definition) is 8. The molecule has 46 heavy (non-hydrogen) atoms. The monoisotopic (exact) mass is 760 g/mol. The summed E-state index contributed by atoms with van der Waals surface area (Å²) >= 11 is 23.2. The number of nitrogens with one attached hydrogen (secondary N) is 2. The molecule has 2 aromatic carbocycles. The lowest BCUT2D eigenvalue weighted by atomic mass is 10.1. The summed E-state index contributed by atoms with van der Waals surface area (Å²) in [6.07, 6.45) is -10.5. The Kier molecular flexibility index (Phi) is 11.0. The Balaban J connectivity index is 1.38. The van der Waals surface area contributed by atoms with Gasteiger partial charge >= 0.3 is 12.4 Å². The topological polar surface area (TPSA) is 98.8 Å². The number of benzene rings is 2. The predicted molar refractivity (Wildman–Crippen MR) is 170 cm³/mol. The summed E-state index contributed by atoms with van der Waals surface area (Å²) < 4.78 is 80.0. The van der Waals surface area contributed by atoms with Gasteiger partial charge in [0.05, 0.1) is 32.3 Å². The van der Waals surface area contributed by atoms with E-state index in [1.165, 1.54) is 12.1 Å². The van der Waals surface area contributed by atoms with Crippen molar-refractivity contribution < 1.29 is 45.5 Å². The first kappa shape index (κ1) is 35.9. The number of halogens is 8. The van der Waals surface area contributed by atoms with Crippen LogP contribution in [0, 0.1) is 0 Å². The van der Waals surface area contributed by atoms with Gasteiger partial charge in [-0.1, -0.05) is 71.2 Å². The van der Waals surface area contributed by atoms with Crippen LogP contribution in [0.5, 0.6) is 0 Å². The minimum absolute atomic E-state index is 0.0247. The fraction of sp³-hybridized carbons (Fsp3) is 0.231. The Labute approximate surface area is 285 Å². The molecule has 4 amide bonds. The van der Waals surface area contributed by atoms with Crippen LogP contribution in [-0.2, 0) is 31.5 Å². The average molecular weight is 762 g/mol. The van der Waals surface area contributed by atoms with Crippen LogP contribution in [0.2, 0.25) is 10.0 Å². The molecule has 2 aliphatic heterocycles. The van der Waals surface area contributed by atoms with Crippen molar-refractivity contribution in [3.8, 4) is 0 Å². The third-order valence-electron chi connectivity index (χ3n) is 6.15. The lowest BCUT2D eigenvalue weighted by Gasteiger charge is -2.17. The first-order valence-corrected chi connectivity index (χ1v) is 15.7. The highest BCUT2D eigenvalue weighted by molar-refractivity contribution is 8.29. The Bertz CT molecular complexity index is 1580. The van der Waals surface area contributed by atoms with Gasteiger partial charge in [-0.05, 0) is 36.4 Å². The van der Waals surface area contributed by atoms with E-state index in [0.29, 0.717) is 12.1 Å². The number of anilines is 2. The van der Waals surface area contributed by atoms with Gasteiger partial charge in [-0.15, -0.1) is 0 Å². The number of rotatable bonds is 8. The molecular formula is C26H16Cl2F6N4O4S4. The van der Waals surface area contributed by atoms with Crippen LogP contribution in [0.15, 0.2) is 46.2 Å². The van der Waals surface area contributed by atoms with Crippen molar-refractivity contribution in [1.82, 2.24) is 9.80 Å². The Morgan fingerprint density at radius 2 is 1.04 bits per heavy atom. The molecule has 0 radical (unpaired) electrons. The highest BCUT2D eigenvalue weighted by Crippen LogP contribution is 2.43. The zero-order valence-corrected chi connectivity index (χ0v) is 27.3. The number of alkyl halides is 6. The number of carbonyl (C=O) groups excluding carboxylic acids is 4. The van der Waals surface area contributed by atoms with E-state index in [4.69, 9.17) is 47.6 Å². The summed E-state index contributed by atoms with van der Waals surface area (Å²) in [5, 5.41) is 3.91.